The average molecular weight is 550 g/mol. The van der Waals surface area contributed by atoms with Crippen LogP contribution in [0.3, 0.4) is 0 Å². The Labute approximate surface area is 229 Å². The molecule has 1 amide bonds. The van der Waals surface area contributed by atoms with Gasteiger partial charge in [-0.15, -0.1) is 0 Å². The van der Waals surface area contributed by atoms with Crippen LogP contribution >= 0.6 is 0 Å². The minimum absolute atomic E-state index is 0.00107. The highest BCUT2D eigenvalue weighted by molar-refractivity contribution is 5.94. The van der Waals surface area contributed by atoms with E-state index in [1.807, 2.05) is 6.07 Å². The number of aromatic nitrogens is 2. The Balaban J connectivity index is 1.16. The fourth-order valence-electron chi connectivity index (χ4n) is 4.94. The maximum atomic E-state index is 14.7. The van der Waals surface area contributed by atoms with Gasteiger partial charge in [-0.05, 0) is 62.8 Å². The highest BCUT2D eigenvalue weighted by Crippen LogP contribution is 2.29. The first-order valence-electron chi connectivity index (χ1n) is 13.2. The van der Waals surface area contributed by atoms with Crippen LogP contribution < -0.4 is 15.0 Å². The zero-order valence-corrected chi connectivity index (χ0v) is 21.6. The summed E-state index contributed by atoms with van der Waals surface area (Å²) in [5, 5.41) is 14.0. The van der Waals surface area contributed by atoms with E-state index in [0.29, 0.717) is 44.2 Å². The summed E-state index contributed by atoms with van der Waals surface area (Å²) >= 11 is 0. The van der Waals surface area contributed by atoms with Crippen LogP contribution in [0.5, 0.6) is 5.75 Å². The fraction of sp³-hybridized carbons (Fsp3) is 0.357. The minimum atomic E-state index is -0.870. The van der Waals surface area contributed by atoms with Crippen LogP contribution in [0, 0.1) is 15.9 Å². The van der Waals surface area contributed by atoms with Crippen molar-refractivity contribution in [1.82, 2.24) is 9.97 Å². The highest BCUT2D eigenvalue weighted by atomic mass is 19.1. The van der Waals surface area contributed by atoms with Crippen LogP contribution in [-0.4, -0.2) is 45.6 Å². The summed E-state index contributed by atoms with van der Waals surface area (Å²) in [6.45, 7) is 0.641. The van der Waals surface area contributed by atoms with Crippen LogP contribution in [-0.2, 0) is 9.53 Å². The highest BCUT2D eigenvalue weighted by Gasteiger charge is 2.26. The summed E-state index contributed by atoms with van der Waals surface area (Å²) < 4.78 is 25.3. The molecule has 2 heterocycles. The number of rotatable bonds is 7. The van der Waals surface area contributed by atoms with Gasteiger partial charge in [0.1, 0.15) is 17.5 Å². The van der Waals surface area contributed by atoms with Gasteiger partial charge in [0.25, 0.3) is 5.69 Å². The number of nitro groups is 1. The third-order valence-corrected chi connectivity index (χ3v) is 7.02. The van der Waals surface area contributed by atoms with E-state index < -0.39 is 16.9 Å². The number of ether oxygens (including phenoxy) is 2. The first-order valence-corrected chi connectivity index (χ1v) is 13.2. The number of anilines is 2. The second-order valence-corrected chi connectivity index (χ2v) is 9.78. The Bertz CT molecular complexity index is 1390. The van der Waals surface area contributed by atoms with E-state index in [1.165, 1.54) is 24.3 Å². The van der Waals surface area contributed by atoms with Crippen molar-refractivity contribution in [2.45, 2.75) is 57.1 Å². The first kappa shape index (κ1) is 27.0. The minimum Gasteiger partial charge on any atom is -0.431 e. The van der Waals surface area contributed by atoms with Gasteiger partial charge in [-0.1, -0.05) is 12.1 Å². The normalized spacial score (nSPS) is 19.1. The molecule has 1 saturated heterocycles. The molecule has 0 radical (unpaired) electrons. The maximum Gasteiger partial charge on any atom is 0.514 e. The predicted octanol–water partition coefficient (Wildman–Crippen LogP) is 5.65. The Morgan fingerprint density at radius 2 is 1.88 bits per heavy atom. The number of nitro benzene ring substituents is 1. The standard InChI is InChI=1S/C28H28FN5O6/c29-24-17-30-27(32-26(24)18-4-3-5-21(16-18)33-15-2-1-6-25(33)35)31-19-7-11-22(12-8-19)39-28(36)40-23-13-9-20(10-14-23)34(37)38/h3-5,9-10,13-14,16-17,19,22H,1-2,6-8,11-12,15H2,(H,30,31,32)/t19-,22-. The number of piperidine rings is 1. The SMILES string of the molecule is O=C(Oc1ccc([N+](=O)[O-])cc1)O[C@H]1CC[C@H](Nc2ncc(F)c(-c3cccc(N4CCCCC4=O)c3)n2)CC1. The molecule has 208 valence electrons. The smallest absolute Gasteiger partial charge is 0.431 e. The van der Waals surface area contributed by atoms with Crippen LogP contribution in [0.15, 0.2) is 54.7 Å². The fourth-order valence-corrected chi connectivity index (χ4v) is 4.94. The lowest BCUT2D eigenvalue weighted by Crippen LogP contribution is -2.35. The van der Waals surface area contributed by atoms with Gasteiger partial charge in [-0.25, -0.2) is 19.2 Å². The topological polar surface area (TPSA) is 137 Å². The van der Waals surface area contributed by atoms with Crippen LogP contribution in [0.1, 0.15) is 44.9 Å². The lowest BCUT2D eigenvalue weighted by atomic mass is 9.93. The summed E-state index contributed by atoms with van der Waals surface area (Å²) in [6.07, 6.45) is 4.72. The zero-order valence-electron chi connectivity index (χ0n) is 21.6. The van der Waals surface area contributed by atoms with Gasteiger partial charge in [0.2, 0.25) is 11.9 Å². The summed E-state index contributed by atoms with van der Waals surface area (Å²) in [4.78, 5) is 45.0. The van der Waals surface area contributed by atoms with E-state index in [4.69, 9.17) is 9.47 Å². The quantitative estimate of drug-likeness (QED) is 0.172. The van der Waals surface area contributed by atoms with Gasteiger partial charge in [-0.2, -0.15) is 0 Å². The zero-order chi connectivity index (χ0) is 28.1. The van der Waals surface area contributed by atoms with Crippen LogP contribution in [0.2, 0.25) is 0 Å². The Kier molecular flexibility index (Phi) is 8.13. The molecule has 2 fully saturated rings. The number of nitrogens with one attached hydrogen (secondary N) is 1. The molecule has 2 aromatic carbocycles. The van der Waals surface area contributed by atoms with E-state index in [2.05, 4.69) is 15.3 Å². The molecule has 11 nitrogen and oxygen atoms in total. The van der Waals surface area contributed by atoms with Crippen molar-refractivity contribution in [2.24, 2.45) is 0 Å². The molecule has 0 unspecified atom stereocenters. The third-order valence-electron chi connectivity index (χ3n) is 7.02. The third kappa shape index (κ3) is 6.50. The Morgan fingerprint density at radius 1 is 1.10 bits per heavy atom. The van der Waals surface area contributed by atoms with Gasteiger partial charge in [0, 0.05) is 42.4 Å². The number of nitrogens with zero attached hydrogens (tertiary/aromatic N) is 4. The molecule has 2 aliphatic rings. The van der Waals surface area contributed by atoms with Gasteiger partial charge >= 0.3 is 6.16 Å². The molecule has 1 N–H and O–H groups in total. The summed E-state index contributed by atoms with van der Waals surface area (Å²) in [5.41, 5.74) is 1.32. The van der Waals surface area contributed by atoms with E-state index >= 15 is 0 Å². The molecule has 40 heavy (non-hydrogen) atoms. The van der Waals surface area contributed by atoms with Gasteiger partial charge in [0.05, 0.1) is 11.1 Å². The largest absolute Gasteiger partial charge is 0.514 e. The molecule has 1 saturated carbocycles. The molecule has 12 heteroatoms. The second kappa shape index (κ2) is 12.1. The Morgan fingerprint density at radius 3 is 2.60 bits per heavy atom. The second-order valence-electron chi connectivity index (χ2n) is 9.78. The summed E-state index contributed by atoms with van der Waals surface area (Å²) in [6, 6.07) is 12.3. The number of benzene rings is 2. The molecule has 1 aliphatic carbocycles. The molecule has 1 aromatic heterocycles. The number of carbonyl (C=O) groups is 2. The van der Waals surface area contributed by atoms with Crippen molar-refractivity contribution < 1.29 is 28.4 Å². The number of halogens is 1. The monoisotopic (exact) mass is 549 g/mol. The number of carbonyl (C=O) groups excluding carboxylic acids is 2. The Hall–Kier alpha value is -4.61. The predicted molar refractivity (Wildman–Crippen MR) is 144 cm³/mol. The number of amides is 1. The van der Waals surface area contributed by atoms with Crippen molar-refractivity contribution in [3.05, 3.63) is 70.7 Å². The van der Waals surface area contributed by atoms with Crippen molar-refractivity contribution >= 4 is 29.4 Å². The van der Waals surface area contributed by atoms with Crippen LogP contribution in [0.25, 0.3) is 11.3 Å². The summed E-state index contributed by atoms with van der Waals surface area (Å²) in [5.74, 6) is -0.0505. The van der Waals surface area contributed by atoms with Gasteiger partial charge < -0.3 is 19.7 Å². The lowest BCUT2D eigenvalue weighted by molar-refractivity contribution is -0.384. The average Bonchev–Trinajstić information content (AvgIpc) is 2.96. The molecule has 5 rings (SSSR count). The molecule has 0 spiro atoms. The van der Waals surface area contributed by atoms with E-state index in [9.17, 15) is 24.1 Å². The molecule has 0 atom stereocenters. The van der Waals surface area contributed by atoms with Crippen molar-refractivity contribution in [2.75, 3.05) is 16.8 Å². The van der Waals surface area contributed by atoms with Crippen molar-refractivity contribution in [3.63, 3.8) is 0 Å². The van der Waals surface area contributed by atoms with Crippen molar-refractivity contribution in [3.8, 4) is 17.0 Å². The van der Waals surface area contributed by atoms with E-state index in [0.717, 1.165) is 24.7 Å². The van der Waals surface area contributed by atoms with E-state index in [-0.39, 0.29) is 41.1 Å². The van der Waals surface area contributed by atoms with E-state index in [1.54, 1.807) is 23.1 Å². The molecule has 1 aliphatic heterocycles. The number of hydrogen-bond acceptors (Lipinski definition) is 9. The molecular formula is C28H28FN5O6. The molecular weight excluding hydrogens is 521 g/mol. The van der Waals surface area contributed by atoms with Gasteiger partial charge in [-0.3, -0.25) is 14.9 Å². The first-order chi connectivity index (χ1) is 19.4. The van der Waals surface area contributed by atoms with Crippen molar-refractivity contribution in [1.29, 1.82) is 0 Å². The van der Waals surface area contributed by atoms with Crippen LogP contribution in [0.4, 0.5) is 26.5 Å². The van der Waals surface area contributed by atoms with Gasteiger partial charge in [0.15, 0.2) is 5.82 Å². The summed E-state index contributed by atoms with van der Waals surface area (Å²) in [7, 11) is 0. The number of non-ortho nitro benzene ring substituents is 1. The lowest BCUT2D eigenvalue weighted by Gasteiger charge is -2.28. The molecule has 3 aromatic rings. The molecule has 0 bridgehead atoms. The number of hydrogen-bond donors (Lipinski definition) is 1. The maximum absolute atomic E-state index is 14.7.